The second-order valence-corrected chi connectivity index (χ2v) is 5.76. The van der Waals surface area contributed by atoms with E-state index in [0.717, 1.165) is 0 Å². The fraction of sp³-hybridized carbons (Fsp3) is 0.467. The van der Waals surface area contributed by atoms with Gasteiger partial charge < -0.3 is 15.0 Å². The lowest BCUT2D eigenvalue weighted by atomic mass is 10.0. The van der Waals surface area contributed by atoms with E-state index in [0.29, 0.717) is 6.54 Å². The largest absolute Gasteiger partial charge is 0.362 e. The predicted octanol–water partition coefficient (Wildman–Crippen LogP) is 1.39. The second kappa shape index (κ2) is 6.62. The predicted molar refractivity (Wildman–Crippen MR) is 80.1 cm³/mol. The van der Waals surface area contributed by atoms with Gasteiger partial charge in [-0.2, -0.15) is 0 Å². The maximum Gasteiger partial charge on any atom is 0.253 e. The number of amides is 2. The quantitative estimate of drug-likeness (QED) is 0.912. The van der Waals surface area contributed by atoms with Crippen molar-refractivity contribution in [2.75, 3.05) is 26.7 Å². The first-order chi connectivity index (χ1) is 10.4. The lowest BCUT2D eigenvalue weighted by Crippen LogP contribution is -2.59. The summed E-state index contributed by atoms with van der Waals surface area (Å²) in [5.41, 5.74) is -0.927. The van der Waals surface area contributed by atoms with Crippen LogP contribution >= 0.6 is 11.6 Å². The van der Waals surface area contributed by atoms with Gasteiger partial charge in [0, 0.05) is 24.2 Å². The van der Waals surface area contributed by atoms with E-state index in [1.807, 2.05) is 0 Å². The molecule has 0 spiro atoms. The number of hydrogen-bond donors (Lipinski definition) is 1. The minimum absolute atomic E-state index is 0.123. The fourth-order valence-corrected chi connectivity index (χ4v) is 2.68. The van der Waals surface area contributed by atoms with Crippen LogP contribution in [0.4, 0.5) is 4.39 Å². The highest BCUT2D eigenvalue weighted by Gasteiger charge is 2.40. The van der Waals surface area contributed by atoms with Crippen molar-refractivity contribution >= 4 is 23.4 Å². The Kier molecular flexibility index (Phi) is 5.03. The van der Waals surface area contributed by atoms with Gasteiger partial charge in [-0.05, 0) is 19.1 Å². The summed E-state index contributed by atoms with van der Waals surface area (Å²) < 4.78 is 19.3. The van der Waals surface area contributed by atoms with Crippen LogP contribution in [0.3, 0.4) is 0 Å². The number of morpholine rings is 1. The summed E-state index contributed by atoms with van der Waals surface area (Å²) in [5.74, 6) is -1.09. The van der Waals surface area contributed by atoms with Gasteiger partial charge in [0.1, 0.15) is 5.82 Å². The van der Waals surface area contributed by atoms with E-state index in [1.165, 1.54) is 24.1 Å². The van der Waals surface area contributed by atoms with Crippen LogP contribution in [0.1, 0.15) is 12.5 Å². The minimum atomic E-state index is -1.10. The first-order valence-electron chi connectivity index (χ1n) is 6.94. The van der Waals surface area contributed by atoms with Crippen LogP contribution in [-0.4, -0.2) is 49.1 Å². The molecule has 120 valence electrons. The Morgan fingerprint density at radius 1 is 1.50 bits per heavy atom. The van der Waals surface area contributed by atoms with Crippen molar-refractivity contribution in [2.45, 2.75) is 18.9 Å². The third kappa shape index (κ3) is 3.39. The maximum atomic E-state index is 13.8. The number of carbonyl (C=O) groups excluding carboxylic acids is 2. The van der Waals surface area contributed by atoms with Crippen molar-refractivity contribution < 1.29 is 18.7 Å². The van der Waals surface area contributed by atoms with Crippen LogP contribution in [0.15, 0.2) is 18.2 Å². The van der Waals surface area contributed by atoms with Crippen molar-refractivity contribution in [1.82, 2.24) is 10.2 Å². The summed E-state index contributed by atoms with van der Waals surface area (Å²) in [7, 11) is 1.51. The SMILES string of the molecule is CNC(=O)C1(C)CN(C(=O)Cc2c(F)cccc2Cl)CCO1. The van der Waals surface area contributed by atoms with Gasteiger partial charge in [0.05, 0.1) is 19.6 Å². The molecule has 2 amide bonds. The maximum absolute atomic E-state index is 13.8. The molecule has 1 atom stereocenters. The van der Waals surface area contributed by atoms with Crippen LogP contribution < -0.4 is 5.32 Å². The summed E-state index contributed by atoms with van der Waals surface area (Å²) in [4.78, 5) is 25.8. The van der Waals surface area contributed by atoms with Crippen molar-refractivity contribution in [1.29, 1.82) is 0 Å². The van der Waals surface area contributed by atoms with Gasteiger partial charge >= 0.3 is 0 Å². The molecule has 1 aromatic rings. The Morgan fingerprint density at radius 3 is 2.86 bits per heavy atom. The first-order valence-corrected chi connectivity index (χ1v) is 7.32. The van der Waals surface area contributed by atoms with Gasteiger partial charge in [0.15, 0.2) is 5.60 Å². The Bertz CT molecular complexity index is 576. The van der Waals surface area contributed by atoms with Crippen LogP contribution in [0.5, 0.6) is 0 Å². The van der Waals surface area contributed by atoms with Gasteiger partial charge in [-0.15, -0.1) is 0 Å². The molecule has 0 aromatic heterocycles. The van der Waals surface area contributed by atoms with E-state index in [-0.39, 0.29) is 42.0 Å². The third-order valence-electron chi connectivity index (χ3n) is 3.72. The number of nitrogens with one attached hydrogen (secondary N) is 1. The highest BCUT2D eigenvalue weighted by molar-refractivity contribution is 6.31. The van der Waals surface area contributed by atoms with E-state index >= 15 is 0 Å². The van der Waals surface area contributed by atoms with Crippen LogP contribution in [-0.2, 0) is 20.7 Å². The zero-order valence-corrected chi connectivity index (χ0v) is 13.2. The number of rotatable bonds is 3. The molecule has 0 saturated carbocycles. The van der Waals surface area contributed by atoms with E-state index in [9.17, 15) is 14.0 Å². The van der Waals surface area contributed by atoms with E-state index in [4.69, 9.17) is 16.3 Å². The Balaban J connectivity index is 2.11. The number of ether oxygens (including phenoxy) is 1. The van der Waals surface area contributed by atoms with Crippen molar-refractivity contribution in [3.05, 3.63) is 34.6 Å². The summed E-state index contributed by atoms with van der Waals surface area (Å²) in [5, 5.41) is 2.74. The Hall–Kier alpha value is -1.66. The molecule has 1 N–H and O–H groups in total. The molecule has 5 nitrogen and oxygen atoms in total. The molecule has 1 saturated heterocycles. The summed E-state index contributed by atoms with van der Waals surface area (Å²) >= 11 is 5.94. The molecule has 1 unspecified atom stereocenters. The molecule has 22 heavy (non-hydrogen) atoms. The van der Waals surface area contributed by atoms with Gasteiger partial charge in [0.25, 0.3) is 5.91 Å². The van der Waals surface area contributed by atoms with Gasteiger partial charge in [-0.3, -0.25) is 9.59 Å². The van der Waals surface area contributed by atoms with Crippen LogP contribution in [0.2, 0.25) is 5.02 Å². The Labute approximate surface area is 133 Å². The zero-order chi connectivity index (χ0) is 16.3. The number of likely N-dealkylation sites (N-methyl/N-ethyl adjacent to an activating group) is 1. The molecule has 1 aliphatic heterocycles. The molecule has 1 fully saturated rings. The van der Waals surface area contributed by atoms with Crippen LogP contribution in [0, 0.1) is 5.82 Å². The highest BCUT2D eigenvalue weighted by Crippen LogP contribution is 2.22. The molecule has 0 bridgehead atoms. The minimum Gasteiger partial charge on any atom is -0.362 e. The number of halogens is 2. The second-order valence-electron chi connectivity index (χ2n) is 5.35. The monoisotopic (exact) mass is 328 g/mol. The summed E-state index contributed by atoms with van der Waals surface area (Å²) in [6.07, 6.45) is -0.144. The lowest BCUT2D eigenvalue weighted by Gasteiger charge is -2.39. The number of benzene rings is 1. The summed E-state index contributed by atoms with van der Waals surface area (Å²) in [6, 6.07) is 4.30. The smallest absolute Gasteiger partial charge is 0.253 e. The average molecular weight is 329 g/mol. The van der Waals surface area contributed by atoms with Crippen molar-refractivity contribution in [2.24, 2.45) is 0 Å². The fourth-order valence-electron chi connectivity index (χ4n) is 2.45. The van der Waals surface area contributed by atoms with E-state index in [2.05, 4.69) is 5.32 Å². The van der Waals surface area contributed by atoms with Gasteiger partial charge in [-0.1, -0.05) is 17.7 Å². The molecular weight excluding hydrogens is 311 g/mol. The molecule has 1 aromatic carbocycles. The Morgan fingerprint density at radius 2 is 2.23 bits per heavy atom. The number of carbonyl (C=O) groups is 2. The molecule has 0 aliphatic carbocycles. The molecule has 7 heteroatoms. The van der Waals surface area contributed by atoms with Gasteiger partial charge in [0.2, 0.25) is 5.91 Å². The molecule has 1 aliphatic rings. The van der Waals surface area contributed by atoms with Crippen LogP contribution in [0.25, 0.3) is 0 Å². The third-order valence-corrected chi connectivity index (χ3v) is 4.08. The lowest BCUT2D eigenvalue weighted by molar-refractivity contribution is -0.162. The molecule has 0 radical (unpaired) electrons. The number of nitrogens with zero attached hydrogens (tertiary/aromatic N) is 1. The van der Waals surface area contributed by atoms with E-state index in [1.54, 1.807) is 13.0 Å². The van der Waals surface area contributed by atoms with E-state index < -0.39 is 11.4 Å². The topological polar surface area (TPSA) is 58.6 Å². The van der Waals surface area contributed by atoms with Crippen molar-refractivity contribution in [3.63, 3.8) is 0 Å². The normalized spacial score (nSPS) is 21.5. The standard InChI is InChI=1S/C15H18ClFN2O3/c1-15(14(21)18-2)9-19(6-7-22-15)13(20)8-10-11(16)4-3-5-12(10)17/h3-5H,6-9H2,1-2H3,(H,18,21). The summed E-state index contributed by atoms with van der Waals surface area (Å²) in [6.45, 7) is 2.36. The number of hydrogen-bond acceptors (Lipinski definition) is 3. The molecular formula is C15H18ClFN2O3. The molecule has 1 heterocycles. The first kappa shape index (κ1) is 16.7. The van der Waals surface area contributed by atoms with Gasteiger partial charge in [-0.25, -0.2) is 4.39 Å². The highest BCUT2D eigenvalue weighted by atomic mass is 35.5. The average Bonchev–Trinajstić information content (AvgIpc) is 2.50. The molecule has 2 rings (SSSR count). The van der Waals surface area contributed by atoms with Crippen molar-refractivity contribution in [3.8, 4) is 0 Å². The zero-order valence-electron chi connectivity index (χ0n) is 12.5.